The molecule has 1 unspecified atom stereocenters. The predicted octanol–water partition coefficient (Wildman–Crippen LogP) is 2.97. The van der Waals surface area contributed by atoms with E-state index in [0.717, 1.165) is 31.6 Å². The number of urea groups is 1. The number of ether oxygens (including phenoxy) is 1. The maximum atomic E-state index is 13.4. The van der Waals surface area contributed by atoms with Crippen LogP contribution < -0.4 is 5.32 Å². The van der Waals surface area contributed by atoms with Gasteiger partial charge < -0.3 is 15.0 Å². The van der Waals surface area contributed by atoms with E-state index in [1.807, 2.05) is 17.0 Å². The van der Waals surface area contributed by atoms with Crippen molar-refractivity contribution in [3.05, 3.63) is 71.0 Å². The fourth-order valence-electron chi connectivity index (χ4n) is 4.00. The molecule has 2 aliphatic heterocycles. The Morgan fingerprint density at radius 2 is 1.75 bits per heavy atom. The third kappa shape index (κ3) is 4.34. The molecule has 1 fully saturated rings. The van der Waals surface area contributed by atoms with Gasteiger partial charge in [0.1, 0.15) is 5.82 Å². The van der Waals surface area contributed by atoms with E-state index >= 15 is 0 Å². The lowest BCUT2D eigenvalue weighted by atomic mass is 10.0. The topological polar surface area (TPSA) is 44.8 Å². The highest BCUT2D eigenvalue weighted by Gasteiger charge is 2.25. The van der Waals surface area contributed by atoms with Crippen LogP contribution in [0.2, 0.25) is 0 Å². The van der Waals surface area contributed by atoms with Gasteiger partial charge in [0, 0.05) is 32.7 Å². The van der Waals surface area contributed by atoms with Gasteiger partial charge >= 0.3 is 6.03 Å². The second-order valence-electron chi connectivity index (χ2n) is 7.34. The summed E-state index contributed by atoms with van der Waals surface area (Å²) >= 11 is 0. The number of carbonyl (C=O) groups is 1. The number of nitrogens with one attached hydrogen (secondary N) is 1. The van der Waals surface area contributed by atoms with Crippen LogP contribution in [0.4, 0.5) is 9.18 Å². The quantitative estimate of drug-likeness (QED) is 0.883. The van der Waals surface area contributed by atoms with Crippen molar-refractivity contribution in [2.24, 2.45) is 0 Å². The van der Waals surface area contributed by atoms with Crippen molar-refractivity contribution in [1.82, 2.24) is 15.1 Å². The summed E-state index contributed by atoms with van der Waals surface area (Å²) < 4.78 is 18.8. The molecular weight excluding hydrogens is 357 g/mol. The molecule has 2 aliphatic rings. The molecule has 5 nitrogen and oxygen atoms in total. The Morgan fingerprint density at radius 1 is 1.04 bits per heavy atom. The van der Waals surface area contributed by atoms with Gasteiger partial charge in [-0.25, -0.2) is 9.18 Å². The Hall–Kier alpha value is -2.44. The average Bonchev–Trinajstić information content (AvgIpc) is 2.75. The molecule has 4 rings (SSSR count). The van der Waals surface area contributed by atoms with E-state index in [9.17, 15) is 9.18 Å². The number of morpholine rings is 1. The normalized spacial score (nSPS) is 18.4. The van der Waals surface area contributed by atoms with Crippen molar-refractivity contribution in [3.63, 3.8) is 0 Å². The second-order valence-corrected chi connectivity index (χ2v) is 7.34. The molecule has 1 saturated heterocycles. The molecule has 0 saturated carbocycles. The molecule has 1 N–H and O–H groups in total. The highest BCUT2D eigenvalue weighted by Crippen LogP contribution is 2.22. The SMILES string of the molecule is O=C(NCC(c1ccc(F)cc1)N1CCOCC1)N1CCc2ccccc2C1. The fourth-order valence-corrected chi connectivity index (χ4v) is 4.00. The molecule has 0 aromatic heterocycles. The molecule has 0 bridgehead atoms. The van der Waals surface area contributed by atoms with E-state index in [4.69, 9.17) is 4.74 Å². The number of halogens is 1. The summed E-state index contributed by atoms with van der Waals surface area (Å²) in [6, 6.07) is 14.8. The lowest BCUT2D eigenvalue weighted by Crippen LogP contribution is -2.47. The number of hydrogen-bond donors (Lipinski definition) is 1. The summed E-state index contributed by atoms with van der Waals surface area (Å²) in [6.07, 6.45) is 0.883. The van der Waals surface area contributed by atoms with Crippen LogP contribution in [0.25, 0.3) is 0 Å². The number of benzene rings is 2. The average molecular weight is 383 g/mol. The second kappa shape index (κ2) is 8.71. The Balaban J connectivity index is 1.42. The summed E-state index contributed by atoms with van der Waals surface area (Å²) in [7, 11) is 0. The molecule has 28 heavy (non-hydrogen) atoms. The molecule has 1 atom stereocenters. The Kier molecular flexibility index (Phi) is 5.88. The zero-order valence-corrected chi connectivity index (χ0v) is 15.9. The van der Waals surface area contributed by atoms with Gasteiger partial charge in [0.25, 0.3) is 0 Å². The molecule has 2 heterocycles. The molecule has 148 valence electrons. The van der Waals surface area contributed by atoms with Crippen LogP contribution >= 0.6 is 0 Å². The van der Waals surface area contributed by atoms with Crippen LogP contribution in [-0.2, 0) is 17.7 Å². The van der Waals surface area contributed by atoms with Gasteiger partial charge in [0.05, 0.1) is 19.3 Å². The maximum absolute atomic E-state index is 13.4. The highest BCUT2D eigenvalue weighted by molar-refractivity contribution is 5.74. The molecule has 0 spiro atoms. The molecule has 2 amide bonds. The van der Waals surface area contributed by atoms with Gasteiger partial charge in [-0.1, -0.05) is 36.4 Å². The van der Waals surface area contributed by atoms with E-state index in [1.54, 1.807) is 12.1 Å². The molecule has 6 heteroatoms. The van der Waals surface area contributed by atoms with Gasteiger partial charge in [-0.2, -0.15) is 0 Å². The first-order valence-electron chi connectivity index (χ1n) is 9.87. The first-order valence-corrected chi connectivity index (χ1v) is 9.87. The number of fused-ring (bicyclic) bond motifs is 1. The van der Waals surface area contributed by atoms with Gasteiger partial charge in [-0.15, -0.1) is 0 Å². The molecular formula is C22H26FN3O2. The highest BCUT2D eigenvalue weighted by atomic mass is 19.1. The molecule has 0 radical (unpaired) electrons. The van der Waals surface area contributed by atoms with E-state index in [-0.39, 0.29) is 17.9 Å². The maximum Gasteiger partial charge on any atom is 0.317 e. The number of hydrogen-bond acceptors (Lipinski definition) is 3. The van der Waals surface area contributed by atoms with E-state index in [1.165, 1.54) is 23.3 Å². The van der Waals surface area contributed by atoms with Crippen molar-refractivity contribution in [1.29, 1.82) is 0 Å². The first-order chi connectivity index (χ1) is 13.7. The molecule has 0 aliphatic carbocycles. The van der Waals surface area contributed by atoms with Gasteiger partial charge in [-0.3, -0.25) is 4.90 Å². The van der Waals surface area contributed by atoms with Crippen molar-refractivity contribution >= 4 is 6.03 Å². The minimum Gasteiger partial charge on any atom is -0.379 e. The number of rotatable bonds is 4. The van der Waals surface area contributed by atoms with Crippen LogP contribution in [0.5, 0.6) is 0 Å². The Bertz CT molecular complexity index is 806. The van der Waals surface area contributed by atoms with Crippen LogP contribution in [0.15, 0.2) is 48.5 Å². The van der Waals surface area contributed by atoms with Gasteiger partial charge in [0.15, 0.2) is 0 Å². The summed E-state index contributed by atoms with van der Waals surface area (Å²) in [4.78, 5) is 17.0. The van der Waals surface area contributed by atoms with Crippen LogP contribution in [0.3, 0.4) is 0 Å². The lowest BCUT2D eigenvalue weighted by Gasteiger charge is -2.36. The predicted molar refractivity (Wildman–Crippen MR) is 105 cm³/mol. The Morgan fingerprint density at radius 3 is 2.50 bits per heavy atom. The number of carbonyl (C=O) groups excluding carboxylic acids is 1. The van der Waals surface area contributed by atoms with Crippen LogP contribution in [-0.4, -0.2) is 55.2 Å². The zero-order valence-electron chi connectivity index (χ0n) is 15.9. The number of nitrogens with zero attached hydrogens (tertiary/aromatic N) is 2. The van der Waals surface area contributed by atoms with E-state index < -0.39 is 0 Å². The minimum absolute atomic E-state index is 0.00512. The minimum atomic E-state index is -0.250. The monoisotopic (exact) mass is 383 g/mol. The van der Waals surface area contributed by atoms with Gasteiger partial charge in [0.2, 0.25) is 0 Å². The third-order valence-electron chi connectivity index (χ3n) is 5.61. The van der Waals surface area contributed by atoms with Crippen molar-refractivity contribution in [3.8, 4) is 0 Å². The third-order valence-corrected chi connectivity index (χ3v) is 5.61. The first kappa shape index (κ1) is 18.9. The summed E-state index contributed by atoms with van der Waals surface area (Å²) in [6.45, 7) is 4.80. The molecule has 2 aromatic rings. The fraction of sp³-hybridized carbons (Fsp3) is 0.409. The standard InChI is InChI=1S/C22H26FN3O2/c23-20-7-5-18(6-8-20)21(25-11-13-28-14-12-25)15-24-22(27)26-10-9-17-3-1-2-4-19(17)16-26/h1-8,21H,9-16H2,(H,24,27). The Labute approximate surface area is 165 Å². The van der Waals surface area contributed by atoms with E-state index in [2.05, 4.69) is 22.3 Å². The number of amides is 2. The van der Waals surface area contributed by atoms with Crippen LogP contribution in [0, 0.1) is 5.82 Å². The van der Waals surface area contributed by atoms with Crippen molar-refractivity contribution in [2.45, 2.75) is 19.0 Å². The summed E-state index contributed by atoms with van der Waals surface area (Å²) in [5, 5.41) is 3.10. The van der Waals surface area contributed by atoms with Crippen LogP contribution in [0.1, 0.15) is 22.7 Å². The summed E-state index contributed by atoms with van der Waals surface area (Å²) in [5.74, 6) is -0.250. The van der Waals surface area contributed by atoms with Crippen molar-refractivity contribution in [2.75, 3.05) is 39.4 Å². The lowest BCUT2D eigenvalue weighted by molar-refractivity contribution is 0.0164. The largest absolute Gasteiger partial charge is 0.379 e. The van der Waals surface area contributed by atoms with Crippen molar-refractivity contribution < 1.29 is 13.9 Å². The van der Waals surface area contributed by atoms with Gasteiger partial charge in [-0.05, 0) is 35.2 Å². The summed E-state index contributed by atoms with van der Waals surface area (Å²) in [5.41, 5.74) is 3.55. The molecule has 2 aromatic carbocycles. The smallest absolute Gasteiger partial charge is 0.317 e. The zero-order chi connectivity index (χ0) is 19.3. The van der Waals surface area contributed by atoms with E-state index in [0.29, 0.717) is 26.3 Å².